The molecule has 0 heterocycles. The zero-order valence-corrected chi connectivity index (χ0v) is 10.9. The third-order valence-corrected chi connectivity index (χ3v) is 3.18. The van der Waals surface area contributed by atoms with Gasteiger partial charge in [0.15, 0.2) is 0 Å². The molecule has 2 aromatic carbocycles. The molecule has 3 N–H and O–H groups in total. The maximum atomic E-state index is 2.26. The van der Waals surface area contributed by atoms with Crippen LogP contribution in [-0.4, -0.2) is 5.75 Å². The number of benzene rings is 2. The number of hydrogen-bond donors (Lipinski definition) is 1. The van der Waals surface area contributed by atoms with Crippen LogP contribution in [0.5, 0.6) is 0 Å². The average molecular weight is 246 g/mol. The molecule has 0 fully saturated rings. The molecular formula is C14H18N2S. The van der Waals surface area contributed by atoms with Gasteiger partial charge in [-0.25, -0.2) is 0 Å². The maximum absolute atomic E-state index is 2.26. The van der Waals surface area contributed by atoms with Gasteiger partial charge in [0, 0.05) is 5.75 Å². The van der Waals surface area contributed by atoms with Gasteiger partial charge < -0.3 is 6.15 Å². The largest absolute Gasteiger partial charge is 0.344 e. The first-order valence-corrected chi connectivity index (χ1v) is 6.39. The Balaban J connectivity index is 0.00000144. The van der Waals surface area contributed by atoms with E-state index in [2.05, 4.69) is 59.8 Å². The second-order valence-electron chi connectivity index (χ2n) is 3.38. The Bertz CT molecular complexity index is 377. The minimum atomic E-state index is 0. The van der Waals surface area contributed by atoms with Crippen LogP contribution in [0.1, 0.15) is 6.92 Å². The van der Waals surface area contributed by atoms with Crippen LogP contribution >= 0.6 is 11.9 Å². The minimum absolute atomic E-state index is 0. The molecule has 0 aliphatic rings. The van der Waals surface area contributed by atoms with E-state index in [0.29, 0.717) is 0 Å². The lowest BCUT2D eigenvalue weighted by molar-refractivity contribution is 1.40. The molecule has 0 radical (unpaired) electrons. The number of para-hydroxylation sites is 2. The SMILES string of the molecule is CCSN(c1ccccc1)c1ccccc1.N. The average Bonchev–Trinajstić information content (AvgIpc) is 2.38. The smallest absolute Gasteiger partial charge is 0.0525 e. The fraction of sp³-hybridized carbons (Fsp3) is 0.143. The van der Waals surface area contributed by atoms with Crippen LogP contribution in [-0.2, 0) is 0 Å². The van der Waals surface area contributed by atoms with Gasteiger partial charge in [-0.15, -0.1) is 0 Å². The van der Waals surface area contributed by atoms with E-state index in [1.54, 1.807) is 0 Å². The summed E-state index contributed by atoms with van der Waals surface area (Å²) in [5.41, 5.74) is 2.45. The second kappa shape index (κ2) is 6.99. The lowest BCUT2D eigenvalue weighted by Gasteiger charge is -2.22. The Morgan fingerprint density at radius 1 is 0.824 bits per heavy atom. The summed E-state index contributed by atoms with van der Waals surface area (Å²) in [6.07, 6.45) is 0. The van der Waals surface area contributed by atoms with Crippen LogP contribution in [0.15, 0.2) is 60.7 Å². The molecule has 0 saturated carbocycles. The van der Waals surface area contributed by atoms with Crippen LogP contribution in [0.25, 0.3) is 0 Å². The van der Waals surface area contributed by atoms with Crippen molar-refractivity contribution in [2.75, 3.05) is 10.1 Å². The van der Waals surface area contributed by atoms with Crippen LogP contribution in [0.2, 0.25) is 0 Å². The van der Waals surface area contributed by atoms with Crippen LogP contribution in [0, 0.1) is 0 Å². The second-order valence-corrected chi connectivity index (χ2v) is 4.58. The first-order valence-electron chi connectivity index (χ1n) is 5.45. The molecule has 17 heavy (non-hydrogen) atoms. The summed E-state index contributed by atoms with van der Waals surface area (Å²) in [7, 11) is 0. The van der Waals surface area contributed by atoms with Crippen molar-refractivity contribution in [3.63, 3.8) is 0 Å². The van der Waals surface area contributed by atoms with E-state index >= 15 is 0 Å². The summed E-state index contributed by atoms with van der Waals surface area (Å²) in [4.78, 5) is 0. The molecule has 2 nitrogen and oxygen atoms in total. The van der Waals surface area contributed by atoms with Crippen molar-refractivity contribution in [3.05, 3.63) is 60.7 Å². The van der Waals surface area contributed by atoms with E-state index in [0.717, 1.165) is 5.75 Å². The van der Waals surface area contributed by atoms with E-state index in [1.807, 2.05) is 24.1 Å². The molecule has 0 amide bonds. The molecule has 0 spiro atoms. The van der Waals surface area contributed by atoms with E-state index < -0.39 is 0 Å². The summed E-state index contributed by atoms with van der Waals surface area (Å²) in [6, 6.07) is 20.9. The minimum Gasteiger partial charge on any atom is -0.344 e. The van der Waals surface area contributed by atoms with Gasteiger partial charge in [0.2, 0.25) is 0 Å². The number of hydrogen-bond acceptors (Lipinski definition) is 3. The topological polar surface area (TPSA) is 38.2 Å². The van der Waals surface area contributed by atoms with Crippen LogP contribution in [0.3, 0.4) is 0 Å². The van der Waals surface area contributed by atoms with Crippen molar-refractivity contribution in [3.8, 4) is 0 Å². The van der Waals surface area contributed by atoms with Crippen molar-refractivity contribution in [1.29, 1.82) is 0 Å². The highest BCUT2D eigenvalue weighted by Crippen LogP contribution is 2.31. The van der Waals surface area contributed by atoms with Crippen molar-refractivity contribution >= 4 is 23.3 Å². The fourth-order valence-electron chi connectivity index (χ4n) is 1.55. The maximum Gasteiger partial charge on any atom is 0.0525 e. The first-order chi connectivity index (χ1) is 7.92. The lowest BCUT2D eigenvalue weighted by atomic mass is 10.3. The predicted molar refractivity (Wildman–Crippen MR) is 78.2 cm³/mol. The van der Waals surface area contributed by atoms with Crippen molar-refractivity contribution in [2.24, 2.45) is 0 Å². The molecule has 90 valence electrons. The van der Waals surface area contributed by atoms with E-state index in [4.69, 9.17) is 0 Å². The van der Waals surface area contributed by atoms with Crippen LogP contribution in [0.4, 0.5) is 11.4 Å². The zero-order valence-electron chi connectivity index (χ0n) is 10.0. The standard InChI is InChI=1S/C14H15NS.H3N/c1-2-16-15(13-9-5-3-6-10-13)14-11-7-4-8-12-14;/h3-12H,2H2,1H3;1H3. The highest BCUT2D eigenvalue weighted by atomic mass is 32.2. The van der Waals surface area contributed by atoms with E-state index in [1.165, 1.54) is 11.4 Å². The van der Waals surface area contributed by atoms with Gasteiger partial charge >= 0.3 is 0 Å². The third kappa shape index (κ3) is 3.51. The molecular weight excluding hydrogens is 228 g/mol. The summed E-state index contributed by atoms with van der Waals surface area (Å²) < 4.78 is 2.26. The van der Waals surface area contributed by atoms with Gasteiger partial charge in [-0.2, -0.15) is 0 Å². The monoisotopic (exact) mass is 246 g/mol. The van der Waals surface area contributed by atoms with Gasteiger partial charge in [0.25, 0.3) is 0 Å². The summed E-state index contributed by atoms with van der Waals surface area (Å²) >= 11 is 1.82. The Morgan fingerprint density at radius 3 is 1.59 bits per heavy atom. The lowest BCUT2D eigenvalue weighted by Crippen LogP contribution is -2.06. The molecule has 0 saturated heterocycles. The summed E-state index contributed by atoms with van der Waals surface area (Å²) in [5.74, 6) is 1.06. The van der Waals surface area contributed by atoms with Crippen molar-refractivity contribution in [1.82, 2.24) is 6.15 Å². The molecule has 3 heteroatoms. The quantitative estimate of drug-likeness (QED) is 0.798. The Kier molecular flexibility index (Phi) is 5.60. The molecule has 0 unspecified atom stereocenters. The number of rotatable bonds is 4. The van der Waals surface area contributed by atoms with Crippen molar-refractivity contribution in [2.45, 2.75) is 6.92 Å². The highest BCUT2D eigenvalue weighted by Gasteiger charge is 2.07. The van der Waals surface area contributed by atoms with E-state index in [9.17, 15) is 0 Å². The van der Waals surface area contributed by atoms with E-state index in [-0.39, 0.29) is 6.15 Å². The van der Waals surface area contributed by atoms with Crippen molar-refractivity contribution < 1.29 is 0 Å². The van der Waals surface area contributed by atoms with Gasteiger partial charge in [-0.1, -0.05) is 43.3 Å². The molecule has 0 atom stereocenters. The normalized spacial score (nSPS) is 9.47. The van der Waals surface area contributed by atoms with Gasteiger partial charge in [0.1, 0.15) is 0 Å². The van der Waals surface area contributed by atoms with Gasteiger partial charge in [-0.05, 0) is 36.2 Å². The number of anilines is 2. The summed E-state index contributed by atoms with van der Waals surface area (Å²) in [5, 5.41) is 0. The zero-order chi connectivity index (χ0) is 11.2. The molecule has 0 bridgehead atoms. The molecule has 0 aliphatic carbocycles. The predicted octanol–water partition coefficient (Wildman–Crippen LogP) is 4.65. The molecule has 2 aromatic rings. The molecule has 0 aromatic heterocycles. The fourth-order valence-corrected chi connectivity index (χ4v) is 2.35. The first kappa shape index (κ1) is 13.6. The highest BCUT2D eigenvalue weighted by molar-refractivity contribution is 8.00. The molecule has 0 aliphatic heterocycles. The number of nitrogens with zero attached hydrogens (tertiary/aromatic N) is 1. The Morgan fingerprint density at radius 2 is 1.24 bits per heavy atom. The Labute approximate surface area is 107 Å². The van der Waals surface area contributed by atoms with Crippen LogP contribution < -0.4 is 10.5 Å². The third-order valence-electron chi connectivity index (χ3n) is 2.24. The molecule has 2 rings (SSSR count). The van der Waals surface area contributed by atoms with Gasteiger partial charge in [-0.3, -0.25) is 4.31 Å². The van der Waals surface area contributed by atoms with Gasteiger partial charge in [0.05, 0.1) is 11.4 Å². The Hall–Kier alpha value is -1.45. The summed E-state index contributed by atoms with van der Waals surface area (Å²) in [6.45, 7) is 2.17.